The zero-order valence-electron chi connectivity index (χ0n) is 12.0. The maximum Gasteiger partial charge on any atom is 0.0569 e. The van der Waals surface area contributed by atoms with E-state index in [0.29, 0.717) is 6.54 Å². The molecule has 1 aliphatic rings. The minimum absolute atomic E-state index is 0.199. The monoisotopic (exact) mass is 262 g/mol. The molecule has 1 aromatic rings. The predicted octanol–water partition coefficient (Wildman–Crippen LogP) is 1.75. The van der Waals surface area contributed by atoms with Gasteiger partial charge in [0.2, 0.25) is 0 Å². The number of ether oxygens (including phenoxy) is 1. The van der Waals surface area contributed by atoms with Gasteiger partial charge in [0.05, 0.1) is 13.2 Å². The molecule has 0 aliphatic carbocycles. The maximum absolute atomic E-state index is 5.79. The van der Waals surface area contributed by atoms with Crippen LogP contribution < -0.4 is 11.1 Å². The molecule has 106 valence electrons. The van der Waals surface area contributed by atoms with Crippen molar-refractivity contribution in [1.29, 1.82) is 0 Å². The zero-order chi connectivity index (χ0) is 13.6. The van der Waals surface area contributed by atoms with Crippen molar-refractivity contribution >= 4 is 0 Å². The normalized spacial score (nSPS) is 17.2. The SMILES string of the molecule is CCCc1ccc(CCNCC2(CN)COC2)cc1. The Labute approximate surface area is 116 Å². The van der Waals surface area contributed by atoms with E-state index in [1.807, 2.05) is 0 Å². The molecule has 1 aromatic carbocycles. The van der Waals surface area contributed by atoms with E-state index in [1.54, 1.807) is 0 Å². The van der Waals surface area contributed by atoms with Gasteiger partial charge < -0.3 is 15.8 Å². The molecule has 0 saturated carbocycles. The highest BCUT2D eigenvalue weighted by atomic mass is 16.5. The predicted molar refractivity (Wildman–Crippen MR) is 79.3 cm³/mol. The van der Waals surface area contributed by atoms with Gasteiger partial charge in [-0.1, -0.05) is 37.6 Å². The van der Waals surface area contributed by atoms with E-state index < -0.39 is 0 Å². The number of nitrogens with two attached hydrogens (primary N) is 1. The largest absolute Gasteiger partial charge is 0.380 e. The lowest BCUT2D eigenvalue weighted by molar-refractivity contribution is -0.104. The van der Waals surface area contributed by atoms with Crippen molar-refractivity contribution in [2.45, 2.75) is 26.2 Å². The summed E-state index contributed by atoms with van der Waals surface area (Å²) in [5.74, 6) is 0. The second-order valence-electron chi connectivity index (χ2n) is 5.69. The molecule has 3 nitrogen and oxygen atoms in total. The van der Waals surface area contributed by atoms with Crippen molar-refractivity contribution in [3.05, 3.63) is 35.4 Å². The first-order valence-electron chi connectivity index (χ1n) is 7.34. The van der Waals surface area contributed by atoms with E-state index >= 15 is 0 Å². The second-order valence-corrected chi connectivity index (χ2v) is 5.69. The average Bonchev–Trinajstić information content (AvgIpc) is 2.39. The number of hydrogen-bond donors (Lipinski definition) is 2. The molecule has 1 saturated heterocycles. The Morgan fingerprint density at radius 2 is 1.79 bits per heavy atom. The van der Waals surface area contributed by atoms with Crippen molar-refractivity contribution in [2.24, 2.45) is 11.1 Å². The van der Waals surface area contributed by atoms with Crippen LogP contribution in [0.25, 0.3) is 0 Å². The lowest BCUT2D eigenvalue weighted by Crippen LogP contribution is -2.54. The Bertz CT molecular complexity index is 365. The summed E-state index contributed by atoms with van der Waals surface area (Å²) < 4.78 is 5.26. The van der Waals surface area contributed by atoms with Gasteiger partial charge in [-0.05, 0) is 30.5 Å². The number of aryl methyl sites for hydroxylation is 1. The average molecular weight is 262 g/mol. The van der Waals surface area contributed by atoms with Crippen LogP contribution in [0.3, 0.4) is 0 Å². The third-order valence-corrected chi connectivity index (χ3v) is 3.90. The second kappa shape index (κ2) is 7.04. The minimum atomic E-state index is 0.199. The first-order chi connectivity index (χ1) is 9.28. The Morgan fingerprint density at radius 1 is 1.16 bits per heavy atom. The molecule has 0 bridgehead atoms. The van der Waals surface area contributed by atoms with Crippen LogP contribution in [0, 0.1) is 5.41 Å². The number of nitrogens with one attached hydrogen (secondary N) is 1. The summed E-state index contributed by atoms with van der Waals surface area (Å²) in [7, 11) is 0. The van der Waals surface area contributed by atoms with Gasteiger partial charge in [0, 0.05) is 18.5 Å². The van der Waals surface area contributed by atoms with E-state index in [9.17, 15) is 0 Å². The highest BCUT2D eigenvalue weighted by Crippen LogP contribution is 2.24. The van der Waals surface area contributed by atoms with Crippen LogP contribution in [0.1, 0.15) is 24.5 Å². The number of rotatable bonds is 8. The van der Waals surface area contributed by atoms with Crippen LogP contribution in [-0.4, -0.2) is 32.8 Å². The van der Waals surface area contributed by atoms with E-state index in [1.165, 1.54) is 24.0 Å². The van der Waals surface area contributed by atoms with Gasteiger partial charge >= 0.3 is 0 Å². The minimum Gasteiger partial charge on any atom is -0.380 e. The fraction of sp³-hybridized carbons (Fsp3) is 0.625. The molecule has 19 heavy (non-hydrogen) atoms. The molecule has 1 heterocycles. The molecule has 0 amide bonds. The van der Waals surface area contributed by atoms with Gasteiger partial charge in [-0.2, -0.15) is 0 Å². The Hall–Kier alpha value is -0.900. The standard InChI is InChI=1S/C16H26N2O/c1-2-3-14-4-6-15(7-5-14)8-9-18-11-16(10-17)12-19-13-16/h4-7,18H,2-3,8-13,17H2,1H3. The van der Waals surface area contributed by atoms with E-state index in [-0.39, 0.29) is 5.41 Å². The van der Waals surface area contributed by atoms with Crippen LogP contribution in [0.2, 0.25) is 0 Å². The molecule has 2 rings (SSSR count). The van der Waals surface area contributed by atoms with E-state index in [2.05, 4.69) is 36.5 Å². The highest BCUT2D eigenvalue weighted by molar-refractivity contribution is 5.22. The first kappa shape index (κ1) is 14.5. The van der Waals surface area contributed by atoms with Crippen LogP contribution in [-0.2, 0) is 17.6 Å². The smallest absolute Gasteiger partial charge is 0.0569 e. The van der Waals surface area contributed by atoms with Crippen LogP contribution in [0.15, 0.2) is 24.3 Å². The number of benzene rings is 1. The van der Waals surface area contributed by atoms with E-state index in [0.717, 1.165) is 32.7 Å². The summed E-state index contributed by atoms with van der Waals surface area (Å²) in [6.07, 6.45) is 3.47. The Kier molecular flexibility index (Phi) is 5.37. The molecule has 0 atom stereocenters. The molecule has 0 aromatic heterocycles. The molecular weight excluding hydrogens is 236 g/mol. The maximum atomic E-state index is 5.79. The van der Waals surface area contributed by atoms with Gasteiger partial charge in [0.15, 0.2) is 0 Å². The van der Waals surface area contributed by atoms with Crippen LogP contribution in [0.5, 0.6) is 0 Å². The van der Waals surface area contributed by atoms with Gasteiger partial charge in [0.25, 0.3) is 0 Å². The molecule has 0 unspecified atom stereocenters. The fourth-order valence-electron chi connectivity index (χ4n) is 2.43. The fourth-order valence-corrected chi connectivity index (χ4v) is 2.43. The third-order valence-electron chi connectivity index (χ3n) is 3.90. The summed E-state index contributed by atoms with van der Waals surface area (Å²) >= 11 is 0. The lowest BCUT2D eigenvalue weighted by atomic mass is 9.86. The Morgan fingerprint density at radius 3 is 2.26 bits per heavy atom. The van der Waals surface area contributed by atoms with Crippen molar-refractivity contribution < 1.29 is 4.74 Å². The van der Waals surface area contributed by atoms with Crippen molar-refractivity contribution in [3.8, 4) is 0 Å². The molecule has 0 spiro atoms. The summed E-state index contributed by atoms with van der Waals surface area (Å²) in [4.78, 5) is 0. The molecule has 0 radical (unpaired) electrons. The topological polar surface area (TPSA) is 47.3 Å². The molecule has 1 aliphatic heterocycles. The third kappa shape index (κ3) is 4.03. The van der Waals surface area contributed by atoms with Crippen LogP contribution >= 0.6 is 0 Å². The molecule has 1 fully saturated rings. The lowest BCUT2D eigenvalue weighted by Gasteiger charge is -2.40. The quantitative estimate of drug-likeness (QED) is 0.702. The van der Waals surface area contributed by atoms with Crippen molar-refractivity contribution in [2.75, 3.05) is 32.8 Å². The van der Waals surface area contributed by atoms with Crippen molar-refractivity contribution in [1.82, 2.24) is 5.32 Å². The number of hydrogen-bond acceptors (Lipinski definition) is 3. The van der Waals surface area contributed by atoms with Gasteiger partial charge in [-0.25, -0.2) is 0 Å². The summed E-state index contributed by atoms with van der Waals surface area (Å²) in [6, 6.07) is 9.00. The van der Waals surface area contributed by atoms with Gasteiger partial charge in [0.1, 0.15) is 0 Å². The molecule has 3 N–H and O–H groups in total. The van der Waals surface area contributed by atoms with Gasteiger partial charge in [-0.15, -0.1) is 0 Å². The summed E-state index contributed by atoms with van der Waals surface area (Å²) in [5, 5.41) is 3.51. The van der Waals surface area contributed by atoms with Crippen molar-refractivity contribution in [3.63, 3.8) is 0 Å². The van der Waals surface area contributed by atoms with E-state index in [4.69, 9.17) is 10.5 Å². The molecular formula is C16H26N2O. The highest BCUT2D eigenvalue weighted by Gasteiger charge is 2.36. The summed E-state index contributed by atoms with van der Waals surface area (Å²) in [6.45, 7) is 6.53. The first-order valence-corrected chi connectivity index (χ1v) is 7.34. The molecule has 3 heteroatoms. The zero-order valence-corrected chi connectivity index (χ0v) is 12.0. The van der Waals surface area contributed by atoms with Gasteiger partial charge in [-0.3, -0.25) is 0 Å². The Balaban J connectivity index is 1.67. The summed E-state index contributed by atoms with van der Waals surface area (Å²) in [5.41, 5.74) is 8.83. The van der Waals surface area contributed by atoms with Crippen LogP contribution in [0.4, 0.5) is 0 Å².